The lowest BCUT2D eigenvalue weighted by atomic mass is 9.95. The van der Waals surface area contributed by atoms with Gasteiger partial charge in [-0.3, -0.25) is 4.79 Å². The average Bonchev–Trinajstić information content (AvgIpc) is 2.84. The van der Waals surface area contributed by atoms with Crippen molar-refractivity contribution in [3.63, 3.8) is 0 Å². The molecule has 0 bridgehead atoms. The summed E-state index contributed by atoms with van der Waals surface area (Å²) in [6.45, 7) is 1.59. The second kappa shape index (κ2) is 11.3. The van der Waals surface area contributed by atoms with Gasteiger partial charge in [-0.2, -0.15) is 0 Å². The quantitative estimate of drug-likeness (QED) is 0.381. The van der Waals surface area contributed by atoms with E-state index in [9.17, 15) is 9.18 Å². The molecule has 1 fully saturated rings. The van der Waals surface area contributed by atoms with Gasteiger partial charge >= 0.3 is 0 Å². The lowest BCUT2D eigenvalue weighted by Gasteiger charge is -2.24. The van der Waals surface area contributed by atoms with Crippen LogP contribution in [0.2, 0.25) is 10.0 Å². The average molecular weight is 490 g/mol. The fourth-order valence-corrected chi connectivity index (χ4v) is 4.42. The normalized spacial score (nSPS) is 17.1. The molecule has 4 nitrogen and oxygen atoms in total. The van der Waals surface area contributed by atoms with E-state index in [1.807, 2.05) is 12.1 Å². The molecule has 4 rings (SSSR count). The Morgan fingerprint density at radius 1 is 1.09 bits per heavy atom. The number of carbonyl (C=O) groups is 1. The molecule has 7 heteroatoms. The van der Waals surface area contributed by atoms with Crippen molar-refractivity contribution in [3.8, 4) is 0 Å². The number of fused-ring (bicyclic) bond motifs is 1. The van der Waals surface area contributed by atoms with Crippen molar-refractivity contribution in [2.24, 2.45) is 0 Å². The number of rotatable bonds is 8. The monoisotopic (exact) mass is 489 g/mol. The highest BCUT2D eigenvalue weighted by Crippen LogP contribution is 2.29. The molecule has 0 radical (unpaired) electrons. The Kier molecular flexibility index (Phi) is 8.20. The number of carbonyl (C=O) groups excluding carboxylic acids is 1. The van der Waals surface area contributed by atoms with Crippen molar-refractivity contribution in [1.82, 2.24) is 5.32 Å². The summed E-state index contributed by atoms with van der Waals surface area (Å²) in [4.78, 5) is 13.0. The third-order valence-corrected chi connectivity index (χ3v) is 6.69. The molecule has 3 aromatic rings. The van der Waals surface area contributed by atoms with E-state index in [4.69, 9.17) is 32.7 Å². The van der Waals surface area contributed by atoms with Gasteiger partial charge in [0.1, 0.15) is 5.82 Å². The van der Waals surface area contributed by atoms with Crippen molar-refractivity contribution in [2.45, 2.75) is 37.9 Å². The first-order valence-corrected chi connectivity index (χ1v) is 11.9. The van der Waals surface area contributed by atoms with E-state index < -0.39 is 0 Å². The van der Waals surface area contributed by atoms with Gasteiger partial charge in [0.15, 0.2) is 6.29 Å². The van der Waals surface area contributed by atoms with Gasteiger partial charge < -0.3 is 14.8 Å². The van der Waals surface area contributed by atoms with Crippen LogP contribution >= 0.6 is 23.2 Å². The molecule has 2 unspecified atom stereocenters. The van der Waals surface area contributed by atoms with Gasteiger partial charge in [-0.25, -0.2) is 4.39 Å². The number of ether oxygens (including phenoxy) is 2. The fraction of sp³-hybridized carbons (Fsp3) is 0.346. The van der Waals surface area contributed by atoms with E-state index in [0.29, 0.717) is 46.0 Å². The Balaban J connectivity index is 1.47. The summed E-state index contributed by atoms with van der Waals surface area (Å²) in [5.74, 6) is -0.648. The van der Waals surface area contributed by atoms with Gasteiger partial charge in [0.2, 0.25) is 0 Å². The molecule has 1 aliphatic heterocycles. The minimum absolute atomic E-state index is 0.0426. The van der Waals surface area contributed by atoms with E-state index in [-0.39, 0.29) is 23.9 Å². The molecular weight excluding hydrogens is 464 g/mol. The molecule has 33 heavy (non-hydrogen) atoms. The predicted octanol–water partition coefficient (Wildman–Crippen LogP) is 6.73. The molecule has 0 spiro atoms. The largest absolute Gasteiger partial charge is 0.353 e. The van der Waals surface area contributed by atoms with E-state index in [2.05, 4.69) is 5.32 Å². The highest BCUT2D eigenvalue weighted by Gasteiger charge is 2.19. The Labute approximate surface area is 203 Å². The Bertz CT molecular complexity index is 1120. The van der Waals surface area contributed by atoms with Crippen molar-refractivity contribution in [2.75, 3.05) is 19.8 Å². The molecular formula is C26H26Cl2FNO3. The van der Waals surface area contributed by atoms with Crippen LogP contribution in [-0.2, 0) is 9.47 Å². The Hall–Kier alpha value is -2.18. The summed E-state index contributed by atoms with van der Waals surface area (Å²) >= 11 is 12.3. The van der Waals surface area contributed by atoms with Crippen LogP contribution in [0.4, 0.5) is 4.39 Å². The summed E-state index contributed by atoms with van der Waals surface area (Å²) < 4.78 is 25.7. The number of hydrogen-bond acceptors (Lipinski definition) is 3. The van der Waals surface area contributed by atoms with Gasteiger partial charge in [0.25, 0.3) is 5.91 Å². The molecule has 1 heterocycles. The summed E-state index contributed by atoms with van der Waals surface area (Å²) in [6.07, 6.45) is 3.56. The highest BCUT2D eigenvalue weighted by molar-refractivity contribution is 6.42. The maximum atomic E-state index is 14.1. The molecule has 174 valence electrons. The number of amides is 1. The topological polar surface area (TPSA) is 47.6 Å². The SMILES string of the molecule is O=C(NCC(CCOC1CCCCO1)c1ccc(Cl)c(Cl)c1)c1ccc(F)c2ccccc12. The zero-order valence-corrected chi connectivity index (χ0v) is 19.7. The summed E-state index contributed by atoms with van der Waals surface area (Å²) in [7, 11) is 0. The zero-order valence-electron chi connectivity index (χ0n) is 18.2. The number of benzene rings is 3. The van der Waals surface area contributed by atoms with Crippen molar-refractivity contribution >= 4 is 39.9 Å². The van der Waals surface area contributed by atoms with Crippen LogP contribution in [0.1, 0.15) is 47.5 Å². The molecule has 1 aliphatic rings. The van der Waals surface area contributed by atoms with E-state index >= 15 is 0 Å². The number of hydrogen-bond donors (Lipinski definition) is 1. The minimum Gasteiger partial charge on any atom is -0.353 e. The first-order valence-electron chi connectivity index (χ1n) is 11.2. The maximum Gasteiger partial charge on any atom is 0.251 e. The Morgan fingerprint density at radius 3 is 2.67 bits per heavy atom. The highest BCUT2D eigenvalue weighted by atomic mass is 35.5. The van der Waals surface area contributed by atoms with Gasteiger partial charge in [-0.15, -0.1) is 0 Å². The van der Waals surface area contributed by atoms with Gasteiger partial charge in [-0.1, -0.05) is 53.5 Å². The van der Waals surface area contributed by atoms with Crippen LogP contribution in [0.25, 0.3) is 10.8 Å². The second-order valence-electron chi connectivity index (χ2n) is 8.18. The summed E-state index contributed by atoms with van der Waals surface area (Å²) in [5, 5.41) is 4.96. The molecule has 2 atom stereocenters. The molecule has 0 aliphatic carbocycles. The lowest BCUT2D eigenvalue weighted by molar-refractivity contribution is -0.163. The van der Waals surface area contributed by atoms with Crippen molar-refractivity contribution < 1.29 is 18.7 Å². The molecule has 0 aromatic heterocycles. The van der Waals surface area contributed by atoms with Crippen LogP contribution in [-0.4, -0.2) is 32.0 Å². The first-order chi connectivity index (χ1) is 16.0. The lowest BCUT2D eigenvalue weighted by Crippen LogP contribution is -2.30. The van der Waals surface area contributed by atoms with Gasteiger partial charge in [0, 0.05) is 30.0 Å². The zero-order chi connectivity index (χ0) is 23.2. The molecule has 3 aromatic carbocycles. The smallest absolute Gasteiger partial charge is 0.251 e. The maximum absolute atomic E-state index is 14.1. The molecule has 1 saturated heterocycles. The van der Waals surface area contributed by atoms with Crippen LogP contribution in [0, 0.1) is 5.82 Å². The minimum atomic E-state index is -0.349. The number of nitrogens with one attached hydrogen (secondary N) is 1. The fourth-order valence-electron chi connectivity index (χ4n) is 4.11. The van der Waals surface area contributed by atoms with Crippen molar-refractivity contribution in [3.05, 3.63) is 81.6 Å². The predicted molar refractivity (Wildman–Crippen MR) is 130 cm³/mol. The molecule has 1 amide bonds. The van der Waals surface area contributed by atoms with Crippen LogP contribution in [0.15, 0.2) is 54.6 Å². The third-order valence-electron chi connectivity index (χ3n) is 5.95. The number of halogens is 3. The standard InChI is InChI=1S/C26H26Cl2FNO3/c27-22-10-8-17(15-23(22)28)18(12-14-33-25-7-3-4-13-32-25)16-30-26(31)21-9-11-24(29)20-6-2-1-5-19(20)21/h1-2,5-6,8-11,15,18,25H,3-4,7,12-14,16H2,(H,30,31). The molecule has 1 N–H and O–H groups in total. The first kappa shape index (κ1) is 24.0. The van der Waals surface area contributed by atoms with Crippen LogP contribution in [0.5, 0.6) is 0 Å². The van der Waals surface area contributed by atoms with Crippen molar-refractivity contribution in [1.29, 1.82) is 0 Å². The Morgan fingerprint density at radius 2 is 1.91 bits per heavy atom. The van der Waals surface area contributed by atoms with Gasteiger partial charge in [-0.05, 0) is 60.9 Å². The second-order valence-corrected chi connectivity index (χ2v) is 8.99. The molecule has 0 saturated carbocycles. The van der Waals surface area contributed by atoms with E-state index in [1.54, 1.807) is 30.3 Å². The van der Waals surface area contributed by atoms with Crippen LogP contribution < -0.4 is 5.32 Å². The third kappa shape index (κ3) is 6.04. The van der Waals surface area contributed by atoms with E-state index in [0.717, 1.165) is 31.4 Å². The van der Waals surface area contributed by atoms with E-state index in [1.165, 1.54) is 12.1 Å². The summed E-state index contributed by atoms with van der Waals surface area (Å²) in [6, 6.07) is 15.3. The summed E-state index contributed by atoms with van der Waals surface area (Å²) in [5.41, 5.74) is 1.40. The van der Waals surface area contributed by atoms with Crippen LogP contribution in [0.3, 0.4) is 0 Å². The van der Waals surface area contributed by atoms with Gasteiger partial charge in [0.05, 0.1) is 16.7 Å².